The van der Waals surface area contributed by atoms with Gasteiger partial charge in [-0.1, -0.05) is 0 Å². The van der Waals surface area contributed by atoms with Gasteiger partial charge in [0.05, 0.1) is 12.1 Å². The summed E-state index contributed by atoms with van der Waals surface area (Å²) in [4.78, 5) is 27.8. The van der Waals surface area contributed by atoms with Crippen LogP contribution in [0.4, 0.5) is 9.59 Å². The largest absolute Gasteiger partial charge is 0.444 e. The van der Waals surface area contributed by atoms with E-state index in [4.69, 9.17) is 9.47 Å². The summed E-state index contributed by atoms with van der Waals surface area (Å²) in [5.74, 6) is 0. The standard InChI is InChI=1S/C17H32N2O5/c1-12(20)10-13-11-18(14(21)23-16(2,3)4)8-9-19(13)15(22)24-17(5,6)7/h12-13,20H,8-11H2,1-7H3/t12-,13?/m0/s1. The van der Waals surface area contributed by atoms with Gasteiger partial charge in [0.2, 0.25) is 0 Å². The van der Waals surface area contributed by atoms with E-state index in [0.29, 0.717) is 26.1 Å². The van der Waals surface area contributed by atoms with E-state index in [1.807, 2.05) is 41.5 Å². The van der Waals surface area contributed by atoms with Crippen LogP contribution in [0, 0.1) is 0 Å². The minimum Gasteiger partial charge on any atom is -0.444 e. The molecule has 7 nitrogen and oxygen atoms in total. The Morgan fingerprint density at radius 3 is 2.00 bits per heavy atom. The first-order valence-electron chi connectivity index (χ1n) is 8.44. The number of aliphatic hydroxyl groups excluding tert-OH is 1. The average molecular weight is 344 g/mol. The third kappa shape index (κ3) is 6.95. The molecule has 0 aromatic heterocycles. The summed E-state index contributed by atoms with van der Waals surface area (Å²) in [6.45, 7) is 13.6. The number of carbonyl (C=O) groups excluding carboxylic acids is 2. The Morgan fingerprint density at radius 1 is 1.04 bits per heavy atom. The summed E-state index contributed by atoms with van der Waals surface area (Å²) in [6, 6.07) is -0.305. The molecule has 0 bridgehead atoms. The molecule has 1 unspecified atom stereocenters. The van der Waals surface area contributed by atoms with Crippen molar-refractivity contribution in [1.82, 2.24) is 9.80 Å². The first kappa shape index (κ1) is 20.5. The predicted molar refractivity (Wildman–Crippen MR) is 90.8 cm³/mol. The number of piperazine rings is 1. The Bertz CT molecular complexity index is 451. The number of amides is 2. The average Bonchev–Trinajstić information content (AvgIpc) is 2.33. The lowest BCUT2D eigenvalue weighted by Crippen LogP contribution is -2.58. The number of carbonyl (C=O) groups is 2. The predicted octanol–water partition coefficient (Wildman–Crippen LogP) is 2.61. The summed E-state index contributed by atoms with van der Waals surface area (Å²) in [7, 11) is 0. The number of hydrogen-bond acceptors (Lipinski definition) is 5. The molecule has 0 aromatic rings. The highest BCUT2D eigenvalue weighted by molar-refractivity contribution is 5.71. The van der Waals surface area contributed by atoms with Crippen molar-refractivity contribution in [2.45, 2.75) is 78.2 Å². The molecule has 140 valence electrons. The van der Waals surface area contributed by atoms with Crippen LogP contribution in [0.3, 0.4) is 0 Å². The van der Waals surface area contributed by atoms with E-state index >= 15 is 0 Å². The van der Waals surface area contributed by atoms with Crippen molar-refractivity contribution in [3.63, 3.8) is 0 Å². The fraction of sp³-hybridized carbons (Fsp3) is 0.882. The highest BCUT2D eigenvalue weighted by Crippen LogP contribution is 2.20. The molecule has 1 saturated heterocycles. The fourth-order valence-electron chi connectivity index (χ4n) is 2.50. The number of ether oxygens (including phenoxy) is 2. The van der Waals surface area contributed by atoms with Crippen molar-refractivity contribution in [3.8, 4) is 0 Å². The second-order valence-corrected chi connectivity index (χ2v) is 8.34. The van der Waals surface area contributed by atoms with Gasteiger partial charge in [-0.05, 0) is 54.9 Å². The molecular weight excluding hydrogens is 312 g/mol. The molecule has 1 aliphatic rings. The second-order valence-electron chi connectivity index (χ2n) is 8.34. The van der Waals surface area contributed by atoms with Crippen molar-refractivity contribution < 1.29 is 24.2 Å². The third-order valence-electron chi connectivity index (χ3n) is 3.38. The minimum absolute atomic E-state index is 0.305. The van der Waals surface area contributed by atoms with E-state index in [-0.39, 0.29) is 6.04 Å². The Balaban J connectivity index is 2.80. The Labute approximate surface area is 144 Å². The van der Waals surface area contributed by atoms with Crippen LogP contribution < -0.4 is 0 Å². The molecule has 2 amide bonds. The lowest BCUT2D eigenvalue weighted by atomic mass is 10.1. The second kappa shape index (κ2) is 7.59. The van der Waals surface area contributed by atoms with Crippen molar-refractivity contribution in [1.29, 1.82) is 0 Å². The number of hydrogen-bond donors (Lipinski definition) is 1. The van der Waals surface area contributed by atoms with E-state index in [1.54, 1.807) is 16.7 Å². The molecular formula is C17H32N2O5. The topological polar surface area (TPSA) is 79.3 Å². The van der Waals surface area contributed by atoms with Crippen LogP contribution in [0.1, 0.15) is 54.9 Å². The third-order valence-corrected chi connectivity index (χ3v) is 3.38. The van der Waals surface area contributed by atoms with E-state index < -0.39 is 29.5 Å². The molecule has 1 fully saturated rings. The Hall–Kier alpha value is -1.50. The molecule has 0 saturated carbocycles. The lowest BCUT2D eigenvalue weighted by Gasteiger charge is -2.42. The van der Waals surface area contributed by atoms with Gasteiger partial charge < -0.3 is 24.4 Å². The highest BCUT2D eigenvalue weighted by atomic mass is 16.6. The van der Waals surface area contributed by atoms with Crippen LogP contribution in [0.2, 0.25) is 0 Å². The summed E-state index contributed by atoms with van der Waals surface area (Å²) in [6.07, 6.45) is -1.03. The van der Waals surface area contributed by atoms with Gasteiger partial charge in [0.1, 0.15) is 11.2 Å². The van der Waals surface area contributed by atoms with Gasteiger partial charge in [-0.3, -0.25) is 0 Å². The van der Waals surface area contributed by atoms with Gasteiger partial charge in [0.25, 0.3) is 0 Å². The summed E-state index contributed by atoms with van der Waals surface area (Å²) >= 11 is 0. The smallest absolute Gasteiger partial charge is 0.410 e. The van der Waals surface area contributed by atoms with Crippen molar-refractivity contribution in [2.75, 3.05) is 19.6 Å². The summed E-state index contributed by atoms with van der Waals surface area (Å²) < 4.78 is 10.8. The monoisotopic (exact) mass is 344 g/mol. The number of rotatable bonds is 2. The highest BCUT2D eigenvalue weighted by Gasteiger charge is 2.36. The molecule has 0 aliphatic carbocycles. The van der Waals surface area contributed by atoms with Crippen LogP contribution in [0.25, 0.3) is 0 Å². The maximum absolute atomic E-state index is 12.4. The van der Waals surface area contributed by atoms with E-state index in [2.05, 4.69) is 0 Å². The van der Waals surface area contributed by atoms with Crippen LogP contribution in [0.15, 0.2) is 0 Å². The lowest BCUT2D eigenvalue weighted by molar-refractivity contribution is -0.0211. The molecule has 0 radical (unpaired) electrons. The first-order valence-corrected chi connectivity index (χ1v) is 8.44. The molecule has 1 rings (SSSR count). The Kier molecular flexibility index (Phi) is 6.50. The molecule has 24 heavy (non-hydrogen) atoms. The van der Waals surface area contributed by atoms with Gasteiger partial charge in [-0.2, -0.15) is 0 Å². The SMILES string of the molecule is C[C@H](O)CC1CN(C(=O)OC(C)(C)C)CCN1C(=O)OC(C)(C)C. The van der Waals surface area contributed by atoms with Gasteiger partial charge in [0.15, 0.2) is 0 Å². The summed E-state index contributed by atoms with van der Waals surface area (Å²) in [5, 5.41) is 9.73. The maximum Gasteiger partial charge on any atom is 0.410 e. The molecule has 1 aliphatic heterocycles. The van der Waals surface area contributed by atoms with E-state index in [0.717, 1.165) is 0 Å². The number of aliphatic hydroxyl groups is 1. The molecule has 1 heterocycles. The normalized spacial score (nSPS) is 20.6. The van der Waals surface area contributed by atoms with Crippen LogP contribution in [0.5, 0.6) is 0 Å². The van der Waals surface area contributed by atoms with Crippen molar-refractivity contribution in [2.24, 2.45) is 0 Å². The molecule has 7 heteroatoms. The zero-order valence-electron chi connectivity index (χ0n) is 16.0. The van der Waals surface area contributed by atoms with Crippen LogP contribution >= 0.6 is 0 Å². The molecule has 0 aromatic carbocycles. The van der Waals surface area contributed by atoms with E-state index in [1.165, 1.54) is 0 Å². The van der Waals surface area contributed by atoms with Crippen LogP contribution in [-0.2, 0) is 9.47 Å². The Morgan fingerprint density at radius 2 is 1.54 bits per heavy atom. The fourth-order valence-corrected chi connectivity index (χ4v) is 2.50. The van der Waals surface area contributed by atoms with Crippen molar-refractivity contribution >= 4 is 12.2 Å². The van der Waals surface area contributed by atoms with Gasteiger partial charge in [0, 0.05) is 19.6 Å². The number of nitrogens with zero attached hydrogens (tertiary/aromatic N) is 2. The summed E-state index contributed by atoms with van der Waals surface area (Å²) in [5.41, 5.74) is -1.16. The van der Waals surface area contributed by atoms with Gasteiger partial charge >= 0.3 is 12.2 Å². The molecule has 2 atom stereocenters. The van der Waals surface area contributed by atoms with E-state index in [9.17, 15) is 14.7 Å². The van der Waals surface area contributed by atoms with Crippen molar-refractivity contribution in [3.05, 3.63) is 0 Å². The minimum atomic E-state index is -0.589. The van der Waals surface area contributed by atoms with Gasteiger partial charge in [-0.15, -0.1) is 0 Å². The zero-order valence-corrected chi connectivity index (χ0v) is 16.0. The zero-order chi connectivity index (χ0) is 18.7. The molecule has 0 spiro atoms. The van der Waals surface area contributed by atoms with Crippen LogP contribution in [-0.4, -0.2) is 70.1 Å². The molecule has 1 N–H and O–H groups in total. The quantitative estimate of drug-likeness (QED) is 0.833. The van der Waals surface area contributed by atoms with Gasteiger partial charge in [-0.25, -0.2) is 9.59 Å². The maximum atomic E-state index is 12.4. The first-order chi connectivity index (χ1) is 10.8.